The zero-order chi connectivity index (χ0) is 43.6. The van der Waals surface area contributed by atoms with Crippen LogP contribution in [-0.2, 0) is 19.2 Å². The van der Waals surface area contributed by atoms with Crippen LogP contribution in [-0.4, -0.2) is 85.6 Å². The fourth-order valence-corrected chi connectivity index (χ4v) is 7.95. The Balaban J connectivity index is 1.76. The summed E-state index contributed by atoms with van der Waals surface area (Å²) in [5, 5.41) is 16.0. The minimum Gasteiger partial charge on any atom is -0.356 e. The average Bonchev–Trinajstić information content (AvgIpc) is 3.57. The number of nitrogens with one attached hydrogen (secondary N) is 4. The van der Waals surface area contributed by atoms with Gasteiger partial charge in [0.15, 0.2) is 0 Å². The number of rotatable bonds is 46. The zero-order valence-electron chi connectivity index (χ0n) is 39.1. The smallest absolute Gasteiger partial charge is 0.272 e. The van der Waals surface area contributed by atoms with Crippen molar-refractivity contribution in [2.24, 2.45) is 5.73 Å². The average molecular weight is 846 g/mol. The molecule has 0 saturated carbocycles. The van der Waals surface area contributed by atoms with Crippen LogP contribution in [0.4, 0.5) is 0 Å². The number of hydrogen-bond donors (Lipinski definition) is 5. The molecule has 1 atom stereocenters. The van der Waals surface area contributed by atoms with E-state index in [1.54, 1.807) is 0 Å². The molecule has 6 N–H and O–H groups in total. The van der Waals surface area contributed by atoms with Gasteiger partial charge in [-0.05, 0) is 90.9 Å². The number of nitrogens with two attached hydrogens (primary N) is 1. The maximum absolute atomic E-state index is 12.5. The van der Waals surface area contributed by atoms with Gasteiger partial charge in [0.05, 0.1) is 0 Å². The fourth-order valence-electron chi connectivity index (χ4n) is 7.95. The molecule has 0 aromatic carbocycles. The first-order valence-electron chi connectivity index (χ1n) is 25.4. The van der Waals surface area contributed by atoms with Crippen molar-refractivity contribution in [2.75, 3.05) is 45.9 Å². The van der Waals surface area contributed by atoms with Gasteiger partial charge in [0, 0.05) is 50.8 Å². The van der Waals surface area contributed by atoms with Crippen LogP contribution in [0.3, 0.4) is 0 Å². The lowest BCUT2D eigenvalue weighted by atomic mass is 10.0. The van der Waals surface area contributed by atoms with Gasteiger partial charge < -0.3 is 27.0 Å². The first kappa shape index (κ1) is 55.7. The Hall–Kier alpha value is -2.34. The maximum atomic E-state index is 12.5. The van der Waals surface area contributed by atoms with E-state index in [4.69, 9.17) is 5.73 Å². The number of nitrogens with zero attached hydrogens (tertiary/aromatic N) is 2. The summed E-state index contributed by atoms with van der Waals surface area (Å²) in [6.45, 7) is 10.4. The van der Waals surface area contributed by atoms with Gasteiger partial charge in [0.1, 0.15) is 0 Å². The molecule has 11 heteroatoms. The molecule has 0 radical (unpaired) electrons. The number of hydrazine groups is 1. The Morgan fingerprint density at radius 1 is 0.567 bits per heavy atom. The number of carbonyl (C=O) groups excluding carboxylic acids is 4. The molecular weight excluding hydrogens is 751 g/mol. The summed E-state index contributed by atoms with van der Waals surface area (Å²) in [7, 11) is 0. The van der Waals surface area contributed by atoms with Crippen molar-refractivity contribution in [2.45, 2.75) is 232 Å². The lowest BCUT2D eigenvalue weighted by Crippen LogP contribution is -2.50. The maximum Gasteiger partial charge on any atom is 0.272 e. The summed E-state index contributed by atoms with van der Waals surface area (Å²) < 4.78 is 0. The second-order valence-electron chi connectivity index (χ2n) is 17.6. The fraction of sp³-hybridized carbons (Fsp3) is 0.878. The van der Waals surface area contributed by atoms with Gasteiger partial charge in [-0.3, -0.25) is 19.2 Å². The number of imide groups is 1. The Morgan fingerprint density at radius 3 is 1.52 bits per heavy atom. The molecule has 4 amide bonds. The molecule has 0 spiro atoms. The van der Waals surface area contributed by atoms with E-state index in [0.717, 1.165) is 89.3 Å². The van der Waals surface area contributed by atoms with Crippen LogP contribution >= 0.6 is 0 Å². The van der Waals surface area contributed by atoms with Crippen LogP contribution in [0.5, 0.6) is 0 Å². The van der Waals surface area contributed by atoms with Crippen molar-refractivity contribution < 1.29 is 19.2 Å². The summed E-state index contributed by atoms with van der Waals surface area (Å²) in [4.78, 5) is 48.8. The van der Waals surface area contributed by atoms with Gasteiger partial charge in [-0.1, -0.05) is 148 Å². The highest BCUT2D eigenvalue weighted by molar-refractivity contribution is 6.13. The Bertz CT molecular complexity index is 1060. The van der Waals surface area contributed by atoms with E-state index in [1.165, 1.54) is 165 Å². The highest BCUT2D eigenvalue weighted by atomic mass is 16.2. The Labute approximate surface area is 368 Å². The largest absolute Gasteiger partial charge is 0.356 e. The van der Waals surface area contributed by atoms with E-state index in [-0.39, 0.29) is 11.8 Å². The van der Waals surface area contributed by atoms with Gasteiger partial charge in [-0.15, -0.1) is 0 Å². The standard InChI is InChI=1S/C49H95N7O4/c1-3-33-47(58)55(56-48(59)36-37-49(56)60)43-32-24-20-18-16-14-12-10-8-6-4-5-7-9-11-13-15-17-19-21-26-35-46(57)54-42-28-23-22-25-34-45(2)53-41-31-30-40-52-44-51-39-29-27-38-50/h36-37,45,51-53H,3-35,38-44,50H2,1-2H3,(H,54,57). The van der Waals surface area contributed by atoms with Crippen molar-refractivity contribution in [1.82, 2.24) is 31.3 Å². The summed E-state index contributed by atoms with van der Waals surface area (Å²) in [6, 6.07) is 0.581. The quantitative estimate of drug-likeness (QED) is 0.0231. The molecular formula is C49H95N7O4. The van der Waals surface area contributed by atoms with Crippen LogP contribution in [0.2, 0.25) is 0 Å². The third kappa shape index (κ3) is 33.3. The molecule has 0 aromatic heterocycles. The molecule has 1 heterocycles. The molecule has 11 nitrogen and oxygen atoms in total. The lowest BCUT2D eigenvalue weighted by Gasteiger charge is -2.30. The molecule has 0 aromatic rings. The number of carbonyl (C=O) groups is 4. The summed E-state index contributed by atoms with van der Waals surface area (Å²) in [5.74, 6) is -0.748. The third-order valence-electron chi connectivity index (χ3n) is 11.8. The van der Waals surface area contributed by atoms with Crippen LogP contribution in [0, 0.1) is 0 Å². The first-order valence-corrected chi connectivity index (χ1v) is 25.4. The second kappa shape index (κ2) is 42.0. The number of unbranched alkanes of at least 4 members (excludes halogenated alkanes) is 25. The summed E-state index contributed by atoms with van der Waals surface area (Å²) >= 11 is 0. The van der Waals surface area contributed by atoms with Gasteiger partial charge in [0.25, 0.3) is 11.8 Å². The molecule has 0 saturated heterocycles. The van der Waals surface area contributed by atoms with Crippen LogP contribution in [0.15, 0.2) is 12.2 Å². The molecule has 1 aliphatic rings. The molecule has 1 unspecified atom stereocenters. The number of hydrogen-bond acceptors (Lipinski definition) is 8. The summed E-state index contributed by atoms with van der Waals surface area (Å²) in [5.41, 5.74) is 5.52. The lowest BCUT2D eigenvalue weighted by molar-refractivity contribution is -0.167. The molecule has 0 aliphatic carbocycles. The van der Waals surface area contributed by atoms with Crippen LogP contribution in [0.25, 0.3) is 0 Å². The molecule has 60 heavy (non-hydrogen) atoms. The van der Waals surface area contributed by atoms with Crippen LogP contribution in [0.1, 0.15) is 226 Å². The molecule has 0 fully saturated rings. The third-order valence-corrected chi connectivity index (χ3v) is 11.8. The monoisotopic (exact) mass is 846 g/mol. The van der Waals surface area contributed by atoms with Gasteiger partial charge >= 0.3 is 0 Å². The zero-order valence-corrected chi connectivity index (χ0v) is 39.1. The van der Waals surface area contributed by atoms with Crippen LogP contribution < -0.4 is 27.0 Å². The van der Waals surface area contributed by atoms with Crippen molar-refractivity contribution in [3.05, 3.63) is 12.2 Å². The highest BCUT2D eigenvalue weighted by Gasteiger charge is 2.32. The molecule has 350 valence electrons. The minimum absolute atomic E-state index is 0.151. The Morgan fingerprint density at radius 2 is 1.00 bits per heavy atom. The van der Waals surface area contributed by atoms with Gasteiger partial charge in [-0.2, -0.15) is 5.01 Å². The van der Waals surface area contributed by atoms with E-state index in [1.807, 2.05) is 6.92 Å². The van der Waals surface area contributed by atoms with Crippen molar-refractivity contribution >= 4 is 23.6 Å². The van der Waals surface area contributed by atoms with E-state index in [2.05, 4.69) is 28.2 Å². The SMILES string of the molecule is CCCC(=O)N(CCCCCCCCCCCCCCCCCCCCCCCC(=O)NCCCCCCC(C)NCCCCNCNCCCCN)N1C(=O)C=CC1=O. The predicted octanol–water partition coefficient (Wildman–Crippen LogP) is 9.74. The minimum atomic E-state index is -0.417. The van der Waals surface area contributed by atoms with E-state index in [9.17, 15) is 19.2 Å². The van der Waals surface area contributed by atoms with Crippen molar-refractivity contribution in [1.29, 1.82) is 0 Å². The second-order valence-corrected chi connectivity index (χ2v) is 17.6. The van der Waals surface area contributed by atoms with Crippen molar-refractivity contribution in [3.63, 3.8) is 0 Å². The van der Waals surface area contributed by atoms with Crippen molar-refractivity contribution in [3.8, 4) is 0 Å². The Kier molecular flexibility index (Phi) is 39.0. The van der Waals surface area contributed by atoms with E-state index >= 15 is 0 Å². The van der Waals surface area contributed by atoms with Gasteiger partial charge in [0.2, 0.25) is 11.8 Å². The molecule has 1 aliphatic heterocycles. The summed E-state index contributed by atoms with van der Waals surface area (Å²) in [6.07, 6.45) is 41.4. The number of amides is 4. The highest BCUT2D eigenvalue weighted by Crippen LogP contribution is 2.17. The molecule has 1 rings (SSSR count). The van der Waals surface area contributed by atoms with E-state index in [0.29, 0.717) is 31.8 Å². The molecule has 0 bridgehead atoms. The first-order chi connectivity index (χ1) is 29.4. The van der Waals surface area contributed by atoms with E-state index < -0.39 is 11.8 Å². The predicted molar refractivity (Wildman–Crippen MR) is 251 cm³/mol. The topological polar surface area (TPSA) is 149 Å². The normalized spacial score (nSPS) is 13.2. The van der Waals surface area contributed by atoms with Gasteiger partial charge in [-0.25, -0.2) is 5.01 Å².